The Morgan fingerprint density at radius 3 is 2.81 bits per heavy atom. The summed E-state index contributed by atoms with van der Waals surface area (Å²) in [6, 6.07) is 0. The number of thioether (sulfide) groups is 2. The molecule has 0 amide bonds. The van der Waals surface area contributed by atoms with E-state index in [0.717, 1.165) is 17.9 Å². The fourth-order valence-corrected chi connectivity index (χ4v) is 5.25. The third-order valence-electron chi connectivity index (χ3n) is 2.95. The Morgan fingerprint density at radius 1 is 1.50 bits per heavy atom. The predicted octanol–water partition coefficient (Wildman–Crippen LogP) is 2.09. The number of carbonyl (C=O) groups excluding carboxylic acids is 2. The van der Waals surface area contributed by atoms with E-state index in [1.807, 2.05) is 6.92 Å². The minimum absolute atomic E-state index is 0.0734. The molecule has 2 rings (SSSR count). The summed E-state index contributed by atoms with van der Waals surface area (Å²) in [5, 5.41) is 0. The molecule has 2 aliphatic heterocycles. The van der Waals surface area contributed by atoms with E-state index in [-0.39, 0.29) is 17.7 Å². The number of hydrogen-bond acceptors (Lipinski definition) is 5. The molecule has 0 saturated carbocycles. The summed E-state index contributed by atoms with van der Waals surface area (Å²) in [5.41, 5.74) is 0. The van der Waals surface area contributed by atoms with Crippen LogP contribution in [0.4, 0.5) is 0 Å². The molecule has 1 unspecified atom stereocenters. The number of rotatable bonds is 3. The molecule has 0 aliphatic carbocycles. The van der Waals surface area contributed by atoms with Crippen LogP contribution in [0, 0.1) is 5.92 Å². The quantitative estimate of drug-likeness (QED) is 0.727. The van der Waals surface area contributed by atoms with Crippen LogP contribution in [0.3, 0.4) is 0 Å². The highest BCUT2D eigenvalue weighted by Gasteiger charge is 2.50. The van der Waals surface area contributed by atoms with E-state index in [1.165, 1.54) is 0 Å². The van der Waals surface area contributed by atoms with E-state index in [9.17, 15) is 9.59 Å². The predicted molar refractivity (Wildman–Crippen MR) is 66.6 cm³/mol. The smallest absolute Gasteiger partial charge is 0.332 e. The molecule has 2 aliphatic rings. The van der Waals surface area contributed by atoms with Crippen LogP contribution >= 0.6 is 23.5 Å². The Morgan fingerprint density at radius 2 is 2.19 bits per heavy atom. The number of cyclic esters (lactones) is 1. The van der Waals surface area contributed by atoms with Gasteiger partial charge in [-0.3, -0.25) is 4.79 Å². The number of hydrogen-bond donors (Lipinski definition) is 0. The molecule has 3 nitrogen and oxygen atoms in total. The summed E-state index contributed by atoms with van der Waals surface area (Å²) >= 11 is 3.30. The summed E-state index contributed by atoms with van der Waals surface area (Å²) in [7, 11) is 0. The van der Waals surface area contributed by atoms with Crippen LogP contribution in [0.5, 0.6) is 0 Å². The lowest BCUT2D eigenvalue weighted by atomic mass is 9.94. The van der Waals surface area contributed by atoms with Gasteiger partial charge < -0.3 is 4.74 Å². The maximum Gasteiger partial charge on any atom is 0.332 e. The van der Waals surface area contributed by atoms with Crippen molar-refractivity contribution in [3.05, 3.63) is 0 Å². The second kappa shape index (κ2) is 5.00. The monoisotopic (exact) mass is 260 g/mol. The summed E-state index contributed by atoms with van der Waals surface area (Å²) < 4.78 is 4.73. The summed E-state index contributed by atoms with van der Waals surface area (Å²) in [5.74, 6) is 2.02. The molecule has 0 aromatic rings. The molecule has 90 valence electrons. The van der Waals surface area contributed by atoms with Crippen molar-refractivity contribution in [1.82, 2.24) is 0 Å². The Labute approximate surface area is 104 Å². The molecular formula is C11H16O3S2. The van der Waals surface area contributed by atoms with E-state index >= 15 is 0 Å². The zero-order valence-electron chi connectivity index (χ0n) is 9.36. The van der Waals surface area contributed by atoms with Gasteiger partial charge >= 0.3 is 5.97 Å². The van der Waals surface area contributed by atoms with Crippen molar-refractivity contribution >= 4 is 35.3 Å². The highest BCUT2D eigenvalue weighted by Crippen LogP contribution is 2.50. The largest absolute Gasteiger partial charge is 0.463 e. The van der Waals surface area contributed by atoms with Crippen LogP contribution in [-0.4, -0.2) is 33.9 Å². The van der Waals surface area contributed by atoms with Crippen molar-refractivity contribution in [1.29, 1.82) is 0 Å². The first-order valence-electron chi connectivity index (χ1n) is 5.66. The number of carbonyl (C=O) groups is 2. The van der Waals surface area contributed by atoms with Crippen molar-refractivity contribution in [2.75, 3.05) is 18.1 Å². The first kappa shape index (κ1) is 12.3. The van der Waals surface area contributed by atoms with Crippen molar-refractivity contribution in [3.63, 3.8) is 0 Å². The van der Waals surface area contributed by atoms with E-state index in [2.05, 4.69) is 0 Å². The third kappa shape index (κ3) is 2.25. The summed E-state index contributed by atoms with van der Waals surface area (Å²) in [6.07, 6.45) is 2.14. The average molecular weight is 260 g/mol. The lowest BCUT2D eigenvalue weighted by Crippen LogP contribution is -2.43. The molecule has 1 atom stereocenters. The number of ether oxygens (including phenoxy) is 1. The number of ketones is 1. The second-order valence-corrected chi connectivity index (χ2v) is 7.21. The van der Waals surface area contributed by atoms with Gasteiger partial charge in [0.05, 0.1) is 5.92 Å². The lowest BCUT2D eigenvalue weighted by Gasteiger charge is -2.33. The van der Waals surface area contributed by atoms with Crippen LogP contribution < -0.4 is 0 Å². The fraction of sp³-hybridized carbons (Fsp3) is 0.818. The SMILES string of the molecule is CCCC(=O)C1COC(=O)C2(C1)SCCS2. The third-order valence-corrected chi connectivity index (χ3v) is 6.33. The van der Waals surface area contributed by atoms with Crippen molar-refractivity contribution in [2.45, 2.75) is 30.3 Å². The summed E-state index contributed by atoms with van der Waals surface area (Å²) in [6.45, 7) is 2.29. The molecule has 16 heavy (non-hydrogen) atoms. The lowest BCUT2D eigenvalue weighted by molar-refractivity contribution is -0.151. The van der Waals surface area contributed by atoms with Crippen LogP contribution in [-0.2, 0) is 14.3 Å². The highest BCUT2D eigenvalue weighted by molar-refractivity contribution is 8.22. The maximum atomic E-state index is 11.8. The van der Waals surface area contributed by atoms with E-state index in [0.29, 0.717) is 19.4 Å². The van der Waals surface area contributed by atoms with E-state index < -0.39 is 4.08 Å². The van der Waals surface area contributed by atoms with Crippen LogP contribution in [0.1, 0.15) is 26.2 Å². The molecule has 1 spiro atoms. The first-order chi connectivity index (χ1) is 7.68. The number of esters is 1. The molecule has 0 aromatic carbocycles. The van der Waals surface area contributed by atoms with Gasteiger partial charge in [0, 0.05) is 17.9 Å². The van der Waals surface area contributed by atoms with Crippen LogP contribution in [0.25, 0.3) is 0 Å². The first-order valence-corrected chi connectivity index (χ1v) is 7.63. The normalized spacial score (nSPS) is 28.1. The Balaban J connectivity index is 2.04. The summed E-state index contributed by atoms with van der Waals surface area (Å²) in [4.78, 5) is 23.6. The maximum absolute atomic E-state index is 11.8. The van der Waals surface area contributed by atoms with Gasteiger partial charge in [0.2, 0.25) is 0 Å². The molecule has 0 radical (unpaired) electrons. The van der Waals surface area contributed by atoms with Crippen molar-refractivity contribution < 1.29 is 14.3 Å². The van der Waals surface area contributed by atoms with E-state index in [4.69, 9.17) is 4.74 Å². The molecule has 0 aromatic heterocycles. The minimum atomic E-state index is -0.466. The Bertz CT molecular complexity index is 298. The molecule has 2 fully saturated rings. The van der Waals surface area contributed by atoms with Gasteiger partial charge in [0.15, 0.2) is 4.08 Å². The van der Waals surface area contributed by atoms with Crippen molar-refractivity contribution in [2.24, 2.45) is 5.92 Å². The molecular weight excluding hydrogens is 244 g/mol. The Kier molecular flexibility index (Phi) is 3.85. The van der Waals surface area contributed by atoms with Gasteiger partial charge in [-0.1, -0.05) is 6.92 Å². The van der Waals surface area contributed by atoms with Gasteiger partial charge in [-0.15, -0.1) is 23.5 Å². The zero-order valence-corrected chi connectivity index (χ0v) is 11.0. The molecule has 0 bridgehead atoms. The molecule has 5 heteroatoms. The minimum Gasteiger partial charge on any atom is -0.463 e. The second-order valence-electron chi connectivity index (χ2n) is 4.17. The van der Waals surface area contributed by atoms with Gasteiger partial charge in [-0.2, -0.15) is 0 Å². The van der Waals surface area contributed by atoms with Crippen molar-refractivity contribution in [3.8, 4) is 0 Å². The van der Waals surface area contributed by atoms with Gasteiger partial charge in [-0.25, -0.2) is 4.79 Å². The topological polar surface area (TPSA) is 43.4 Å². The molecule has 2 saturated heterocycles. The number of Topliss-reactive ketones (excluding diaryl/α,β-unsaturated/α-hetero) is 1. The average Bonchev–Trinajstić information content (AvgIpc) is 2.72. The molecule has 2 heterocycles. The van der Waals surface area contributed by atoms with Crippen LogP contribution in [0.2, 0.25) is 0 Å². The Hall–Kier alpha value is -0.160. The van der Waals surface area contributed by atoms with Gasteiger partial charge in [0.25, 0.3) is 0 Å². The fourth-order valence-electron chi connectivity index (χ4n) is 2.10. The van der Waals surface area contributed by atoms with Crippen LogP contribution in [0.15, 0.2) is 0 Å². The van der Waals surface area contributed by atoms with Gasteiger partial charge in [-0.05, 0) is 12.8 Å². The van der Waals surface area contributed by atoms with Gasteiger partial charge in [0.1, 0.15) is 12.4 Å². The van der Waals surface area contributed by atoms with E-state index in [1.54, 1.807) is 23.5 Å². The zero-order chi connectivity index (χ0) is 11.6. The standard InChI is InChI=1S/C11H16O3S2/c1-2-3-9(12)8-6-11(10(13)14-7-8)15-4-5-16-11/h8H,2-7H2,1H3. The molecule has 0 N–H and O–H groups in total. The highest BCUT2D eigenvalue weighted by atomic mass is 32.2.